The van der Waals surface area contributed by atoms with Crippen LogP contribution in [0.2, 0.25) is 0 Å². The summed E-state index contributed by atoms with van der Waals surface area (Å²) in [5, 5.41) is 11.5. The molecule has 5 nitrogen and oxygen atoms in total. The molecule has 1 rings (SSSR count). The highest BCUT2D eigenvalue weighted by molar-refractivity contribution is 6.00. The van der Waals surface area contributed by atoms with Gasteiger partial charge in [-0.15, -0.1) is 0 Å². The Kier molecular flexibility index (Phi) is 5.87. The van der Waals surface area contributed by atoms with E-state index in [9.17, 15) is 9.59 Å². The van der Waals surface area contributed by atoms with Crippen molar-refractivity contribution in [2.24, 2.45) is 0 Å². The van der Waals surface area contributed by atoms with Crippen LogP contribution in [0.15, 0.2) is 24.3 Å². The van der Waals surface area contributed by atoms with Crippen LogP contribution in [0.1, 0.15) is 30.1 Å². The minimum Gasteiger partial charge on any atom is -0.478 e. The lowest BCUT2D eigenvalue weighted by molar-refractivity contribution is -0.116. The SMILES string of the molecule is CCOCCCC(=O)Nc1ccccc1C(=O)O. The van der Waals surface area contributed by atoms with Crippen molar-refractivity contribution in [2.45, 2.75) is 19.8 Å². The van der Waals surface area contributed by atoms with Crippen LogP contribution in [-0.2, 0) is 9.53 Å². The number of aromatic carboxylic acids is 1. The minimum atomic E-state index is -1.06. The maximum absolute atomic E-state index is 11.6. The predicted molar refractivity (Wildman–Crippen MR) is 67.8 cm³/mol. The first kappa shape index (κ1) is 14.2. The minimum absolute atomic E-state index is 0.0932. The molecular formula is C13H17NO4. The summed E-state index contributed by atoms with van der Waals surface area (Å²) in [5.41, 5.74) is 0.419. The summed E-state index contributed by atoms with van der Waals surface area (Å²) >= 11 is 0. The van der Waals surface area contributed by atoms with Crippen molar-refractivity contribution >= 4 is 17.6 Å². The van der Waals surface area contributed by atoms with Crippen LogP contribution in [0, 0.1) is 0 Å². The van der Waals surface area contributed by atoms with Gasteiger partial charge in [-0.1, -0.05) is 12.1 Å². The summed E-state index contributed by atoms with van der Waals surface area (Å²) < 4.78 is 5.12. The van der Waals surface area contributed by atoms with E-state index >= 15 is 0 Å². The quantitative estimate of drug-likeness (QED) is 0.728. The van der Waals surface area contributed by atoms with Gasteiger partial charge in [0.2, 0.25) is 5.91 Å². The van der Waals surface area contributed by atoms with Gasteiger partial charge in [0.05, 0.1) is 11.3 Å². The molecule has 1 amide bonds. The van der Waals surface area contributed by atoms with E-state index in [1.807, 2.05) is 6.92 Å². The van der Waals surface area contributed by atoms with Gasteiger partial charge in [0.25, 0.3) is 0 Å². The third-order valence-corrected chi connectivity index (χ3v) is 2.33. The Morgan fingerprint density at radius 1 is 1.33 bits per heavy atom. The number of nitrogens with one attached hydrogen (secondary N) is 1. The van der Waals surface area contributed by atoms with Crippen molar-refractivity contribution in [3.63, 3.8) is 0 Å². The maximum atomic E-state index is 11.6. The Morgan fingerprint density at radius 2 is 2.06 bits per heavy atom. The Bertz CT molecular complexity index is 417. The van der Waals surface area contributed by atoms with Gasteiger partial charge >= 0.3 is 5.97 Å². The molecule has 0 aliphatic rings. The molecule has 0 aromatic heterocycles. The van der Waals surface area contributed by atoms with E-state index < -0.39 is 5.97 Å². The molecule has 0 aliphatic heterocycles. The first-order chi connectivity index (χ1) is 8.65. The fraction of sp³-hybridized carbons (Fsp3) is 0.385. The molecule has 0 atom stereocenters. The monoisotopic (exact) mass is 251 g/mol. The molecule has 1 aromatic rings. The summed E-state index contributed by atoms with van der Waals surface area (Å²) in [4.78, 5) is 22.5. The van der Waals surface area contributed by atoms with Gasteiger partial charge < -0.3 is 15.2 Å². The van der Waals surface area contributed by atoms with Crippen LogP contribution >= 0.6 is 0 Å². The van der Waals surface area contributed by atoms with E-state index in [0.29, 0.717) is 31.7 Å². The Morgan fingerprint density at radius 3 is 2.72 bits per heavy atom. The highest BCUT2D eigenvalue weighted by Crippen LogP contribution is 2.15. The molecule has 0 saturated heterocycles. The number of benzene rings is 1. The topological polar surface area (TPSA) is 75.6 Å². The summed E-state index contributed by atoms with van der Waals surface area (Å²) in [5.74, 6) is -1.26. The zero-order valence-electron chi connectivity index (χ0n) is 10.3. The third kappa shape index (κ3) is 4.55. The summed E-state index contributed by atoms with van der Waals surface area (Å²) in [6.45, 7) is 3.05. The van der Waals surface area contributed by atoms with Gasteiger partial charge in [0.15, 0.2) is 0 Å². The number of rotatable bonds is 7. The molecule has 98 valence electrons. The molecule has 0 unspecified atom stereocenters. The van der Waals surface area contributed by atoms with Gasteiger partial charge in [-0.05, 0) is 25.5 Å². The molecule has 2 N–H and O–H groups in total. The first-order valence-corrected chi connectivity index (χ1v) is 5.85. The third-order valence-electron chi connectivity index (χ3n) is 2.33. The number of amides is 1. The van der Waals surface area contributed by atoms with Crippen LogP contribution in [-0.4, -0.2) is 30.2 Å². The van der Waals surface area contributed by atoms with Crippen LogP contribution in [0.3, 0.4) is 0 Å². The zero-order chi connectivity index (χ0) is 13.4. The number of carbonyl (C=O) groups is 2. The van der Waals surface area contributed by atoms with Gasteiger partial charge in [0.1, 0.15) is 0 Å². The standard InChI is InChI=1S/C13H17NO4/c1-2-18-9-5-8-12(15)14-11-7-4-3-6-10(11)13(16)17/h3-4,6-7H,2,5,8-9H2,1H3,(H,14,15)(H,16,17). The molecule has 1 aromatic carbocycles. The molecule has 0 aliphatic carbocycles. The van der Waals surface area contributed by atoms with Crippen LogP contribution in [0.25, 0.3) is 0 Å². The molecule has 0 heterocycles. The summed E-state index contributed by atoms with van der Waals surface area (Å²) in [7, 11) is 0. The van der Waals surface area contributed by atoms with Gasteiger partial charge in [0, 0.05) is 19.6 Å². The number of carbonyl (C=O) groups excluding carboxylic acids is 1. The Labute approximate surface area is 106 Å². The van der Waals surface area contributed by atoms with E-state index in [0.717, 1.165) is 0 Å². The predicted octanol–water partition coefficient (Wildman–Crippen LogP) is 2.14. The van der Waals surface area contributed by atoms with Crippen molar-refractivity contribution in [2.75, 3.05) is 18.5 Å². The first-order valence-electron chi connectivity index (χ1n) is 5.85. The lowest BCUT2D eigenvalue weighted by atomic mass is 10.1. The van der Waals surface area contributed by atoms with Crippen LogP contribution < -0.4 is 5.32 Å². The molecule has 0 radical (unpaired) electrons. The van der Waals surface area contributed by atoms with Crippen molar-refractivity contribution in [1.82, 2.24) is 0 Å². The molecule has 18 heavy (non-hydrogen) atoms. The van der Waals surface area contributed by atoms with E-state index in [2.05, 4.69) is 5.32 Å². The van der Waals surface area contributed by atoms with Gasteiger partial charge in [-0.2, -0.15) is 0 Å². The van der Waals surface area contributed by atoms with Crippen molar-refractivity contribution in [1.29, 1.82) is 0 Å². The average molecular weight is 251 g/mol. The molecule has 0 bridgehead atoms. The molecule has 0 fully saturated rings. The largest absolute Gasteiger partial charge is 0.478 e. The molecule has 5 heteroatoms. The molecular weight excluding hydrogens is 234 g/mol. The second-order valence-corrected chi connectivity index (χ2v) is 3.70. The van der Waals surface area contributed by atoms with Crippen LogP contribution in [0.5, 0.6) is 0 Å². The summed E-state index contributed by atoms with van der Waals surface area (Å²) in [6, 6.07) is 6.33. The Balaban J connectivity index is 2.51. The van der Waals surface area contributed by atoms with Gasteiger partial charge in [-0.3, -0.25) is 4.79 Å². The van der Waals surface area contributed by atoms with Crippen LogP contribution in [0.4, 0.5) is 5.69 Å². The number of hydrogen-bond acceptors (Lipinski definition) is 3. The number of carboxylic acids is 1. The number of hydrogen-bond donors (Lipinski definition) is 2. The average Bonchev–Trinajstić information content (AvgIpc) is 2.35. The van der Waals surface area contributed by atoms with Crippen molar-refractivity contribution in [3.8, 4) is 0 Å². The zero-order valence-corrected chi connectivity index (χ0v) is 10.3. The highest BCUT2D eigenvalue weighted by atomic mass is 16.5. The fourth-order valence-electron chi connectivity index (χ4n) is 1.47. The van der Waals surface area contributed by atoms with E-state index in [-0.39, 0.29) is 11.5 Å². The fourth-order valence-corrected chi connectivity index (χ4v) is 1.47. The summed E-state index contributed by atoms with van der Waals surface area (Å²) in [6.07, 6.45) is 0.933. The van der Waals surface area contributed by atoms with E-state index in [1.54, 1.807) is 18.2 Å². The lowest BCUT2D eigenvalue weighted by Gasteiger charge is -2.08. The van der Waals surface area contributed by atoms with Crippen molar-refractivity contribution < 1.29 is 19.4 Å². The number of anilines is 1. The van der Waals surface area contributed by atoms with Crippen molar-refractivity contribution in [3.05, 3.63) is 29.8 Å². The molecule has 0 saturated carbocycles. The second-order valence-electron chi connectivity index (χ2n) is 3.70. The number of para-hydroxylation sites is 1. The highest BCUT2D eigenvalue weighted by Gasteiger charge is 2.11. The second kappa shape index (κ2) is 7.45. The van der Waals surface area contributed by atoms with E-state index in [4.69, 9.17) is 9.84 Å². The Hall–Kier alpha value is -1.88. The van der Waals surface area contributed by atoms with Gasteiger partial charge in [-0.25, -0.2) is 4.79 Å². The normalized spacial score (nSPS) is 10.1. The number of carboxylic acid groups (broad SMARTS) is 1. The smallest absolute Gasteiger partial charge is 0.337 e. The van der Waals surface area contributed by atoms with E-state index in [1.165, 1.54) is 6.07 Å². The number of ether oxygens (including phenoxy) is 1. The lowest BCUT2D eigenvalue weighted by Crippen LogP contribution is -2.15. The molecule has 0 spiro atoms. The maximum Gasteiger partial charge on any atom is 0.337 e.